The summed E-state index contributed by atoms with van der Waals surface area (Å²) in [4.78, 5) is 27.7. The van der Waals surface area contributed by atoms with E-state index in [-0.39, 0.29) is 18.1 Å². The SMILES string of the molecule is COC1CCC(OC2CCC(C(=O)N3CC=C(c4ccccc4)CC3)C(C(=O)NO)C2)CC1. The van der Waals surface area contributed by atoms with Crippen LogP contribution < -0.4 is 5.48 Å². The maximum absolute atomic E-state index is 13.4. The summed E-state index contributed by atoms with van der Waals surface area (Å²) < 4.78 is 11.8. The van der Waals surface area contributed by atoms with Crippen LogP contribution in [0.15, 0.2) is 36.4 Å². The molecule has 1 aromatic rings. The number of nitrogens with one attached hydrogen (secondary N) is 1. The number of carbonyl (C=O) groups is 2. The van der Waals surface area contributed by atoms with Gasteiger partial charge in [-0.25, -0.2) is 5.48 Å². The van der Waals surface area contributed by atoms with Gasteiger partial charge in [-0.15, -0.1) is 0 Å². The van der Waals surface area contributed by atoms with Crippen LogP contribution in [0.3, 0.4) is 0 Å². The standard InChI is InChI=1S/C26H36N2O5/c1-32-20-7-9-21(10-8-20)33-22-11-12-23(24(17-22)25(29)27-31)26(30)28-15-13-19(14-16-28)18-5-3-2-4-6-18/h2-6,13,20-24,31H,7-12,14-17H2,1H3,(H,27,29). The molecule has 7 nitrogen and oxygen atoms in total. The lowest BCUT2D eigenvalue weighted by Crippen LogP contribution is -2.48. The van der Waals surface area contributed by atoms with Gasteiger partial charge < -0.3 is 14.4 Å². The number of hydrogen-bond donors (Lipinski definition) is 2. The molecule has 1 aromatic carbocycles. The molecule has 0 radical (unpaired) electrons. The van der Waals surface area contributed by atoms with Crippen LogP contribution in [0.1, 0.15) is 56.9 Å². The van der Waals surface area contributed by atoms with E-state index < -0.39 is 17.7 Å². The molecule has 0 aromatic heterocycles. The molecule has 180 valence electrons. The number of hydroxylamine groups is 1. The molecular weight excluding hydrogens is 420 g/mol. The van der Waals surface area contributed by atoms with E-state index in [0.29, 0.717) is 32.0 Å². The lowest BCUT2D eigenvalue weighted by Gasteiger charge is -2.39. The van der Waals surface area contributed by atoms with E-state index in [1.807, 2.05) is 23.1 Å². The molecule has 2 N–H and O–H groups in total. The number of nitrogens with zero attached hydrogens (tertiary/aromatic N) is 1. The summed E-state index contributed by atoms with van der Waals surface area (Å²) in [7, 11) is 1.75. The summed E-state index contributed by atoms with van der Waals surface area (Å²) in [6, 6.07) is 10.2. The number of amides is 2. The number of benzene rings is 1. The molecule has 3 aliphatic rings. The van der Waals surface area contributed by atoms with Crippen LogP contribution >= 0.6 is 0 Å². The molecule has 2 amide bonds. The molecule has 2 saturated carbocycles. The number of rotatable bonds is 6. The zero-order valence-corrected chi connectivity index (χ0v) is 19.4. The van der Waals surface area contributed by atoms with Crippen molar-refractivity contribution >= 4 is 17.4 Å². The molecule has 0 bridgehead atoms. The number of methoxy groups -OCH3 is 1. The van der Waals surface area contributed by atoms with Crippen molar-refractivity contribution in [1.82, 2.24) is 10.4 Å². The molecule has 4 rings (SSSR count). The van der Waals surface area contributed by atoms with Crippen molar-refractivity contribution in [2.24, 2.45) is 11.8 Å². The summed E-state index contributed by atoms with van der Waals surface area (Å²) in [5.41, 5.74) is 4.24. The maximum Gasteiger partial charge on any atom is 0.247 e. The molecule has 2 fully saturated rings. The Morgan fingerprint density at radius 3 is 2.30 bits per heavy atom. The van der Waals surface area contributed by atoms with Gasteiger partial charge in [0.25, 0.3) is 0 Å². The first kappa shape index (κ1) is 23.9. The number of hydrogen-bond acceptors (Lipinski definition) is 5. The number of carbonyl (C=O) groups excluding carboxylic acids is 2. The zero-order chi connectivity index (χ0) is 23.2. The Morgan fingerprint density at radius 2 is 1.67 bits per heavy atom. The third-order valence-corrected chi connectivity index (χ3v) is 7.57. The number of ether oxygens (including phenoxy) is 2. The highest BCUT2D eigenvalue weighted by Crippen LogP contribution is 2.36. The molecule has 0 saturated heterocycles. The first-order chi connectivity index (χ1) is 16.1. The molecule has 0 spiro atoms. The first-order valence-corrected chi connectivity index (χ1v) is 12.2. The largest absolute Gasteiger partial charge is 0.381 e. The molecule has 2 aliphatic carbocycles. The Bertz CT molecular complexity index is 834. The summed E-state index contributed by atoms with van der Waals surface area (Å²) in [5, 5.41) is 9.33. The third-order valence-electron chi connectivity index (χ3n) is 7.57. The highest BCUT2D eigenvalue weighted by Gasteiger charge is 2.42. The predicted octanol–water partition coefficient (Wildman–Crippen LogP) is 3.57. The van der Waals surface area contributed by atoms with Crippen LogP contribution in [-0.4, -0.2) is 60.4 Å². The van der Waals surface area contributed by atoms with Gasteiger partial charge in [0.05, 0.1) is 24.2 Å². The third kappa shape index (κ3) is 5.83. The minimum atomic E-state index is -0.573. The quantitative estimate of drug-likeness (QED) is 0.505. The van der Waals surface area contributed by atoms with Gasteiger partial charge in [-0.2, -0.15) is 0 Å². The second-order valence-corrected chi connectivity index (χ2v) is 9.52. The Morgan fingerprint density at radius 1 is 0.970 bits per heavy atom. The minimum absolute atomic E-state index is 0.00557. The van der Waals surface area contributed by atoms with Crippen LogP contribution in [0, 0.1) is 11.8 Å². The van der Waals surface area contributed by atoms with Crippen molar-refractivity contribution in [2.75, 3.05) is 20.2 Å². The minimum Gasteiger partial charge on any atom is -0.381 e. The Labute approximate surface area is 196 Å². The summed E-state index contributed by atoms with van der Waals surface area (Å²) in [6.07, 6.45) is 9.05. The molecular formula is C26H36N2O5. The Balaban J connectivity index is 1.35. The van der Waals surface area contributed by atoms with E-state index in [1.54, 1.807) is 12.6 Å². The van der Waals surface area contributed by atoms with Gasteiger partial charge in [-0.1, -0.05) is 36.4 Å². The summed E-state index contributed by atoms with van der Waals surface area (Å²) >= 11 is 0. The van der Waals surface area contributed by atoms with Crippen LogP contribution in [0.2, 0.25) is 0 Å². The van der Waals surface area contributed by atoms with E-state index in [4.69, 9.17) is 9.47 Å². The molecule has 7 heteroatoms. The van der Waals surface area contributed by atoms with Gasteiger partial charge in [0, 0.05) is 26.1 Å². The highest BCUT2D eigenvalue weighted by atomic mass is 16.5. The van der Waals surface area contributed by atoms with Crippen molar-refractivity contribution in [2.45, 2.75) is 69.7 Å². The monoisotopic (exact) mass is 456 g/mol. The highest BCUT2D eigenvalue weighted by molar-refractivity contribution is 5.88. The summed E-state index contributed by atoms with van der Waals surface area (Å²) in [6.45, 7) is 1.20. The van der Waals surface area contributed by atoms with E-state index in [2.05, 4.69) is 18.2 Å². The Kier molecular flexibility index (Phi) is 8.17. The van der Waals surface area contributed by atoms with Crippen LogP contribution in [-0.2, 0) is 19.1 Å². The van der Waals surface area contributed by atoms with Crippen LogP contribution in [0.25, 0.3) is 5.57 Å². The van der Waals surface area contributed by atoms with Crippen molar-refractivity contribution in [3.05, 3.63) is 42.0 Å². The molecule has 3 atom stereocenters. The van der Waals surface area contributed by atoms with Gasteiger partial charge >= 0.3 is 0 Å². The average molecular weight is 457 g/mol. The van der Waals surface area contributed by atoms with E-state index >= 15 is 0 Å². The lowest BCUT2D eigenvalue weighted by molar-refractivity contribution is -0.152. The van der Waals surface area contributed by atoms with Gasteiger partial charge in [0.1, 0.15) is 0 Å². The fraction of sp³-hybridized carbons (Fsp3) is 0.615. The second kappa shape index (κ2) is 11.3. The van der Waals surface area contributed by atoms with E-state index in [9.17, 15) is 14.8 Å². The predicted molar refractivity (Wildman–Crippen MR) is 124 cm³/mol. The van der Waals surface area contributed by atoms with Gasteiger partial charge in [-0.05, 0) is 62.5 Å². The van der Waals surface area contributed by atoms with Gasteiger partial charge in [0.15, 0.2) is 0 Å². The topological polar surface area (TPSA) is 88.1 Å². The molecule has 33 heavy (non-hydrogen) atoms. The van der Waals surface area contributed by atoms with Crippen LogP contribution in [0.4, 0.5) is 0 Å². The van der Waals surface area contributed by atoms with Crippen molar-refractivity contribution in [1.29, 1.82) is 0 Å². The van der Waals surface area contributed by atoms with Crippen molar-refractivity contribution in [3.63, 3.8) is 0 Å². The van der Waals surface area contributed by atoms with Crippen LogP contribution in [0.5, 0.6) is 0 Å². The second-order valence-electron chi connectivity index (χ2n) is 9.52. The molecule has 1 aliphatic heterocycles. The van der Waals surface area contributed by atoms with Crippen molar-refractivity contribution in [3.8, 4) is 0 Å². The first-order valence-electron chi connectivity index (χ1n) is 12.2. The average Bonchev–Trinajstić information content (AvgIpc) is 2.89. The maximum atomic E-state index is 13.4. The zero-order valence-electron chi connectivity index (χ0n) is 19.4. The smallest absolute Gasteiger partial charge is 0.247 e. The van der Waals surface area contributed by atoms with Gasteiger partial charge in [0.2, 0.25) is 11.8 Å². The van der Waals surface area contributed by atoms with E-state index in [1.165, 1.54) is 11.1 Å². The fourth-order valence-corrected chi connectivity index (χ4v) is 5.62. The normalized spacial score (nSPS) is 30.4. The lowest BCUT2D eigenvalue weighted by atomic mass is 9.76. The summed E-state index contributed by atoms with van der Waals surface area (Å²) in [5.74, 6) is -1.47. The fourth-order valence-electron chi connectivity index (χ4n) is 5.62. The van der Waals surface area contributed by atoms with E-state index in [0.717, 1.165) is 38.5 Å². The van der Waals surface area contributed by atoms with Gasteiger partial charge in [-0.3, -0.25) is 14.8 Å². The Hall–Kier alpha value is -2.22. The molecule has 1 heterocycles. The molecule has 3 unspecified atom stereocenters. The van der Waals surface area contributed by atoms with Crippen molar-refractivity contribution < 1.29 is 24.3 Å².